The summed E-state index contributed by atoms with van der Waals surface area (Å²) in [7, 11) is 1.45. The second-order valence-corrected chi connectivity index (χ2v) is 25.0. The molecule has 0 saturated carbocycles. The molecule has 0 fully saturated rings. The number of methoxy groups -OCH3 is 2. The van der Waals surface area contributed by atoms with Gasteiger partial charge in [-0.25, -0.2) is 46.9 Å². The SMILES string of the molecule is COc1cccc(Cn2nc(-c3nnc4c(n3)N(COCC[Si](C)(C)C)C(=O)C4(C)C)c3cc(F)cnc32)c1F.COc1cccc(Cn2nc(-c3nnc4c(n3)NC(=O)C4(C)C)c3cc(F)cnc32)c1F. The van der Waals surface area contributed by atoms with Crippen molar-refractivity contribution in [1.29, 1.82) is 0 Å². The van der Waals surface area contributed by atoms with Crippen molar-refractivity contribution in [2.75, 3.05) is 37.8 Å². The topological polar surface area (TPSA) is 216 Å². The number of fused-ring (bicyclic) bond motifs is 4. The minimum Gasteiger partial charge on any atom is -0.494 e. The molecule has 6 aromatic heterocycles. The summed E-state index contributed by atoms with van der Waals surface area (Å²) in [6.45, 7) is 14.3. The molecule has 0 unspecified atom stereocenters. The number of amides is 2. The van der Waals surface area contributed by atoms with Crippen LogP contribution in [0.4, 0.5) is 29.2 Å². The summed E-state index contributed by atoms with van der Waals surface area (Å²) in [4.78, 5) is 44.3. The van der Waals surface area contributed by atoms with Gasteiger partial charge >= 0.3 is 0 Å². The molecule has 2 aromatic carbocycles. The van der Waals surface area contributed by atoms with Crippen LogP contribution < -0.4 is 19.7 Å². The second kappa shape index (κ2) is 18.7. The average Bonchev–Trinajstić information content (AvgIpc) is 4.00. The Balaban J connectivity index is 0.000000182. The zero-order valence-electron chi connectivity index (χ0n) is 40.7. The molecule has 8 heterocycles. The number of aromatic nitrogens is 12. The summed E-state index contributed by atoms with van der Waals surface area (Å²) in [5.74, 6) is -1.70. The molecule has 372 valence electrons. The van der Waals surface area contributed by atoms with Gasteiger partial charge in [0.25, 0.3) is 0 Å². The van der Waals surface area contributed by atoms with E-state index in [1.165, 1.54) is 52.7 Å². The minimum atomic E-state index is -1.31. The highest BCUT2D eigenvalue weighted by Crippen LogP contribution is 2.40. The number of benzene rings is 2. The van der Waals surface area contributed by atoms with Crippen molar-refractivity contribution in [3.8, 4) is 34.5 Å². The van der Waals surface area contributed by atoms with E-state index in [-0.39, 0.29) is 72.0 Å². The fraction of sp³-hybridized carbons (Fsp3) is 0.333. The van der Waals surface area contributed by atoms with E-state index < -0.39 is 42.2 Å². The maximum absolute atomic E-state index is 14.9. The molecule has 0 saturated heterocycles. The van der Waals surface area contributed by atoms with Gasteiger partial charge in [0.15, 0.2) is 46.1 Å². The summed E-state index contributed by atoms with van der Waals surface area (Å²) in [5, 5.41) is 29.3. The lowest BCUT2D eigenvalue weighted by atomic mass is 9.91. The van der Waals surface area contributed by atoms with Gasteiger partial charge in [-0.3, -0.25) is 14.5 Å². The fourth-order valence-corrected chi connectivity index (χ4v) is 8.88. The van der Waals surface area contributed by atoms with Crippen LogP contribution in [0.15, 0.2) is 60.9 Å². The molecule has 0 radical (unpaired) electrons. The Kier molecular flexibility index (Phi) is 12.8. The van der Waals surface area contributed by atoms with Gasteiger partial charge in [-0.15, -0.1) is 20.4 Å². The quantitative estimate of drug-likeness (QED) is 0.0676. The third-order valence-corrected chi connectivity index (χ3v) is 14.0. The first-order valence-electron chi connectivity index (χ1n) is 22.6. The number of nitrogens with one attached hydrogen (secondary N) is 1. The van der Waals surface area contributed by atoms with Crippen LogP contribution in [0.3, 0.4) is 0 Å². The monoisotopic (exact) mass is 1000 g/mol. The molecule has 0 bridgehead atoms. The first-order chi connectivity index (χ1) is 34.2. The number of anilines is 2. The third kappa shape index (κ3) is 9.06. The normalized spacial score (nSPS) is 14.6. The lowest BCUT2D eigenvalue weighted by molar-refractivity contribution is -0.123. The number of hydrogen-bond acceptors (Lipinski definition) is 15. The van der Waals surface area contributed by atoms with Crippen LogP contribution in [-0.2, 0) is 38.2 Å². The minimum absolute atomic E-state index is 0.000885. The number of carbonyl (C=O) groups is 2. The van der Waals surface area contributed by atoms with E-state index in [0.29, 0.717) is 57.0 Å². The lowest BCUT2D eigenvalue weighted by Crippen LogP contribution is -2.38. The fourth-order valence-electron chi connectivity index (χ4n) is 8.12. The smallest absolute Gasteiger partial charge is 0.242 e. The predicted octanol–water partition coefficient (Wildman–Crippen LogP) is 7.40. The molecule has 8 aromatic rings. The van der Waals surface area contributed by atoms with E-state index in [1.54, 1.807) is 52.0 Å². The van der Waals surface area contributed by atoms with E-state index in [0.717, 1.165) is 18.4 Å². The van der Waals surface area contributed by atoms with Crippen LogP contribution in [0.2, 0.25) is 25.7 Å². The Morgan fingerprint density at radius 2 is 1.19 bits per heavy atom. The third-order valence-electron chi connectivity index (χ3n) is 12.3. The van der Waals surface area contributed by atoms with Crippen molar-refractivity contribution < 1.29 is 41.4 Å². The van der Waals surface area contributed by atoms with Crippen LogP contribution in [0.25, 0.3) is 45.1 Å². The molecule has 10 rings (SSSR count). The molecule has 0 aliphatic carbocycles. The summed E-state index contributed by atoms with van der Waals surface area (Å²) in [6, 6.07) is 13.0. The van der Waals surface area contributed by atoms with E-state index in [2.05, 4.69) is 75.5 Å². The van der Waals surface area contributed by atoms with Gasteiger partial charge < -0.3 is 19.5 Å². The molecule has 19 nitrogen and oxygen atoms in total. The number of carbonyl (C=O) groups excluding carboxylic acids is 2. The van der Waals surface area contributed by atoms with Gasteiger partial charge in [-0.05, 0) is 58.0 Å². The zero-order chi connectivity index (χ0) is 51.4. The largest absolute Gasteiger partial charge is 0.494 e. The van der Waals surface area contributed by atoms with E-state index in [1.807, 2.05) is 0 Å². The van der Waals surface area contributed by atoms with Crippen LogP contribution in [-0.4, -0.2) is 107 Å². The average molecular weight is 1010 g/mol. The van der Waals surface area contributed by atoms with Crippen molar-refractivity contribution in [3.63, 3.8) is 0 Å². The van der Waals surface area contributed by atoms with Crippen molar-refractivity contribution in [1.82, 2.24) is 59.9 Å². The summed E-state index contributed by atoms with van der Waals surface area (Å²) < 4.78 is 76.8. The second-order valence-electron chi connectivity index (χ2n) is 19.4. The Hall–Kier alpha value is -7.86. The molecule has 0 spiro atoms. The molecule has 72 heavy (non-hydrogen) atoms. The maximum atomic E-state index is 14.9. The Labute approximate surface area is 410 Å². The number of halogens is 4. The maximum Gasteiger partial charge on any atom is 0.242 e. The van der Waals surface area contributed by atoms with Crippen LogP contribution in [0.1, 0.15) is 50.2 Å². The predicted molar refractivity (Wildman–Crippen MR) is 258 cm³/mol. The van der Waals surface area contributed by atoms with Gasteiger partial charge in [0.05, 0.1) is 61.3 Å². The van der Waals surface area contributed by atoms with E-state index in [4.69, 9.17) is 14.2 Å². The highest BCUT2D eigenvalue weighted by Gasteiger charge is 2.48. The first-order valence-corrected chi connectivity index (χ1v) is 26.3. The van der Waals surface area contributed by atoms with Crippen molar-refractivity contribution >= 4 is 53.6 Å². The van der Waals surface area contributed by atoms with Crippen molar-refractivity contribution in [2.45, 2.75) is 77.3 Å². The Bertz CT molecular complexity index is 3450. The number of rotatable bonds is 13. The number of nitrogens with zero attached hydrogens (tertiary/aromatic N) is 13. The molecule has 24 heteroatoms. The molecule has 2 aliphatic heterocycles. The summed E-state index contributed by atoms with van der Waals surface area (Å²) >= 11 is 0. The van der Waals surface area contributed by atoms with Crippen LogP contribution in [0, 0.1) is 23.3 Å². The van der Waals surface area contributed by atoms with Crippen LogP contribution in [0.5, 0.6) is 11.5 Å². The Morgan fingerprint density at radius 1 is 0.681 bits per heavy atom. The van der Waals surface area contributed by atoms with Gasteiger partial charge in [-0.2, -0.15) is 10.2 Å². The number of ether oxygens (including phenoxy) is 3. The number of hydrogen-bond donors (Lipinski definition) is 1. The molecule has 1 N–H and O–H groups in total. The zero-order valence-corrected chi connectivity index (χ0v) is 41.7. The highest BCUT2D eigenvalue weighted by molar-refractivity contribution is 6.76. The van der Waals surface area contributed by atoms with Gasteiger partial charge in [0.2, 0.25) is 23.5 Å². The summed E-state index contributed by atoms with van der Waals surface area (Å²) in [6.07, 6.45) is 2.12. The van der Waals surface area contributed by atoms with Crippen molar-refractivity contribution in [2.24, 2.45) is 0 Å². The van der Waals surface area contributed by atoms with E-state index in [9.17, 15) is 27.2 Å². The molecular weight excluding hydrogens is 957 g/mol. The van der Waals surface area contributed by atoms with Crippen molar-refractivity contribution in [3.05, 3.63) is 107 Å². The summed E-state index contributed by atoms with van der Waals surface area (Å²) in [5.41, 5.74) is 0.683. The van der Waals surface area contributed by atoms with Gasteiger partial charge in [0, 0.05) is 25.8 Å². The van der Waals surface area contributed by atoms with Gasteiger partial charge in [-0.1, -0.05) is 43.9 Å². The first kappa shape index (κ1) is 49.1. The van der Waals surface area contributed by atoms with E-state index >= 15 is 0 Å². The van der Waals surface area contributed by atoms with Crippen LogP contribution >= 0.6 is 0 Å². The lowest BCUT2D eigenvalue weighted by Gasteiger charge is -2.20. The Morgan fingerprint density at radius 3 is 1.71 bits per heavy atom. The van der Waals surface area contributed by atoms with Gasteiger partial charge in [0.1, 0.15) is 41.1 Å². The molecule has 2 aliphatic rings. The highest BCUT2D eigenvalue weighted by atomic mass is 28.3. The molecule has 2 amide bonds. The number of pyridine rings is 2. The molecular formula is C48H48F4N14O5Si. The molecule has 0 atom stereocenters. The standard InChI is InChI=1S/C27H31F2N7O3Si.C21H17F2N7O2/c1-27(2)22-25(35(26(27)37)15-39-10-11-40(4,5)6)31-23(33-32-22)21-18-12-17(28)13-30-24(18)36(34-21)14-16-8-7-9-19(38-3)20(16)29;1-21(2)16-18(26-20(21)31)25-17(28-27-16)15-12-7-11(22)8-24-19(12)30(29-15)9-10-5-4-6-13(32-3)14(10)23/h7-9,12-13H,10-11,14-15H2,1-6H3;4-8H,9H2,1-3H3,(H,25,26,28,31).